The molecule has 0 aliphatic heterocycles. The van der Waals surface area contributed by atoms with Gasteiger partial charge in [0.2, 0.25) is 0 Å². The molecule has 5 heteroatoms. The second-order valence-electron chi connectivity index (χ2n) is 7.79. The first-order valence-electron chi connectivity index (χ1n) is 11.0. The van der Waals surface area contributed by atoms with E-state index in [4.69, 9.17) is 26.1 Å². The minimum absolute atomic E-state index is 0.354. The Kier molecular flexibility index (Phi) is 6.32. The molecule has 0 bridgehead atoms. The number of ether oxygens (including phenoxy) is 2. The van der Waals surface area contributed by atoms with Crippen molar-refractivity contribution in [2.75, 3.05) is 7.11 Å². The van der Waals surface area contributed by atoms with Crippen LogP contribution in [0.2, 0.25) is 5.02 Å². The van der Waals surface area contributed by atoms with E-state index in [9.17, 15) is 0 Å². The van der Waals surface area contributed by atoms with Crippen LogP contribution >= 0.6 is 11.6 Å². The number of nitrogens with zero attached hydrogens (tertiary/aromatic N) is 1. The van der Waals surface area contributed by atoms with Gasteiger partial charge in [-0.1, -0.05) is 90.5 Å². The van der Waals surface area contributed by atoms with Crippen molar-refractivity contribution in [3.05, 3.63) is 114 Å². The lowest BCUT2D eigenvalue weighted by Gasteiger charge is -2.12. The molecule has 0 radical (unpaired) electrons. The lowest BCUT2D eigenvalue weighted by Crippen LogP contribution is -1.98. The Morgan fingerprint density at radius 3 is 2.12 bits per heavy atom. The number of aromatic amines is 1. The Labute approximate surface area is 203 Å². The summed E-state index contributed by atoms with van der Waals surface area (Å²) in [5.74, 6) is 2.03. The summed E-state index contributed by atoms with van der Waals surface area (Å²) in [5, 5.41) is 0.676. The van der Waals surface area contributed by atoms with Crippen LogP contribution in [-0.2, 0) is 6.61 Å². The van der Waals surface area contributed by atoms with Crippen molar-refractivity contribution < 1.29 is 9.47 Å². The largest absolute Gasteiger partial charge is 0.493 e. The number of imidazole rings is 1. The number of hydrogen-bond acceptors (Lipinski definition) is 3. The van der Waals surface area contributed by atoms with Gasteiger partial charge in [-0.3, -0.25) is 0 Å². The van der Waals surface area contributed by atoms with Crippen LogP contribution in [-0.4, -0.2) is 17.1 Å². The average molecular weight is 467 g/mol. The van der Waals surface area contributed by atoms with Gasteiger partial charge in [-0.15, -0.1) is 0 Å². The Bertz CT molecular complexity index is 1340. The predicted octanol–water partition coefficient (Wildman–Crippen LogP) is 7.65. The first kappa shape index (κ1) is 21.8. The summed E-state index contributed by atoms with van der Waals surface area (Å²) in [7, 11) is 1.63. The highest BCUT2D eigenvalue weighted by Crippen LogP contribution is 2.36. The van der Waals surface area contributed by atoms with Crippen LogP contribution in [0.1, 0.15) is 5.56 Å². The highest BCUT2D eigenvalue weighted by molar-refractivity contribution is 6.31. The number of nitrogens with one attached hydrogen (secondary N) is 1. The van der Waals surface area contributed by atoms with Crippen LogP contribution in [0.15, 0.2) is 103 Å². The normalized spacial score (nSPS) is 10.8. The maximum Gasteiger partial charge on any atom is 0.161 e. The van der Waals surface area contributed by atoms with Crippen molar-refractivity contribution in [1.29, 1.82) is 0 Å². The molecule has 168 valence electrons. The second-order valence-corrected chi connectivity index (χ2v) is 8.19. The molecule has 0 aliphatic rings. The Morgan fingerprint density at radius 2 is 1.41 bits per heavy atom. The molecule has 1 aromatic heterocycles. The number of H-pyrrole nitrogens is 1. The number of aromatic nitrogens is 2. The molecule has 34 heavy (non-hydrogen) atoms. The maximum absolute atomic E-state index is 6.26. The molecule has 4 aromatic carbocycles. The van der Waals surface area contributed by atoms with Gasteiger partial charge in [0.15, 0.2) is 11.5 Å². The van der Waals surface area contributed by atoms with Gasteiger partial charge in [0.25, 0.3) is 0 Å². The van der Waals surface area contributed by atoms with Crippen LogP contribution in [0, 0.1) is 0 Å². The third kappa shape index (κ3) is 4.54. The number of methoxy groups -OCH3 is 1. The summed E-state index contributed by atoms with van der Waals surface area (Å²) in [4.78, 5) is 8.49. The van der Waals surface area contributed by atoms with Crippen molar-refractivity contribution in [2.24, 2.45) is 0 Å². The van der Waals surface area contributed by atoms with E-state index in [1.165, 1.54) is 0 Å². The van der Waals surface area contributed by atoms with Crippen LogP contribution in [0.25, 0.3) is 33.9 Å². The summed E-state index contributed by atoms with van der Waals surface area (Å²) < 4.78 is 11.6. The van der Waals surface area contributed by atoms with Crippen LogP contribution in [0.4, 0.5) is 0 Å². The quantitative estimate of drug-likeness (QED) is 0.268. The maximum atomic E-state index is 6.26. The molecule has 0 spiro atoms. The van der Waals surface area contributed by atoms with E-state index in [-0.39, 0.29) is 0 Å². The topological polar surface area (TPSA) is 47.1 Å². The van der Waals surface area contributed by atoms with Gasteiger partial charge >= 0.3 is 0 Å². The van der Waals surface area contributed by atoms with E-state index in [1.54, 1.807) is 7.11 Å². The van der Waals surface area contributed by atoms with Crippen LogP contribution in [0.5, 0.6) is 11.5 Å². The third-order valence-corrected chi connectivity index (χ3v) is 5.96. The van der Waals surface area contributed by atoms with E-state index in [1.807, 2.05) is 78.9 Å². The van der Waals surface area contributed by atoms with E-state index < -0.39 is 0 Å². The molecular weight excluding hydrogens is 444 g/mol. The molecule has 1 N–H and O–H groups in total. The summed E-state index contributed by atoms with van der Waals surface area (Å²) in [6.07, 6.45) is 0. The molecule has 4 nitrogen and oxygen atoms in total. The summed E-state index contributed by atoms with van der Waals surface area (Å²) in [6, 6.07) is 33.9. The summed E-state index contributed by atoms with van der Waals surface area (Å²) in [5.41, 5.74) is 5.82. The van der Waals surface area contributed by atoms with E-state index in [0.29, 0.717) is 23.1 Å². The minimum atomic E-state index is 0.354. The highest BCUT2D eigenvalue weighted by atomic mass is 35.5. The standard InChI is InChI=1S/C29H23ClN2O2/c1-33-26-18-22(16-17-25(26)34-19-23-14-8-9-15-24(23)30)29-31-27(20-10-4-2-5-11-20)28(32-29)21-12-6-3-7-13-21/h2-18H,19H2,1H3,(H,31,32). The Balaban J connectivity index is 1.50. The predicted molar refractivity (Wildman–Crippen MR) is 137 cm³/mol. The van der Waals surface area contributed by atoms with E-state index in [0.717, 1.165) is 39.5 Å². The van der Waals surface area contributed by atoms with Crippen LogP contribution in [0.3, 0.4) is 0 Å². The van der Waals surface area contributed by atoms with Gasteiger partial charge in [-0.2, -0.15) is 0 Å². The van der Waals surface area contributed by atoms with Crippen LogP contribution < -0.4 is 9.47 Å². The van der Waals surface area contributed by atoms with Crippen molar-refractivity contribution in [1.82, 2.24) is 9.97 Å². The molecule has 0 atom stereocenters. The number of hydrogen-bond donors (Lipinski definition) is 1. The molecular formula is C29H23ClN2O2. The average Bonchev–Trinajstić information content (AvgIpc) is 3.35. The zero-order chi connectivity index (χ0) is 23.3. The molecule has 0 aliphatic carbocycles. The van der Waals surface area contributed by atoms with Crippen molar-refractivity contribution in [2.45, 2.75) is 6.61 Å². The number of benzene rings is 4. The zero-order valence-electron chi connectivity index (χ0n) is 18.7. The third-order valence-electron chi connectivity index (χ3n) is 5.59. The van der Waals surface area contributed by atoms with Crippen molar-refractivity contribution in [3.8, 4) is 45.4 Å². The summed E-state index contributed by atoms with van der Waals surface area (Å²) >= 11 is 6.26. The van der Waals surface area contributed by atoms with Gasteiger partial charge in [-0.05, 0) is 24.3 Å². The second kappa shape index (κ2) is 9.86. The molecule has 0 saturated heterocycles. The van der Waals surface area contributed by atoms with Gasteiger partial charge in [0, 0.05) is 27.3 Å². The highest BCUT2D eigenvalue weighted by Gasteiger charge is 2.16. The minimum Gasteiger partial charge on any atom is -0.493 e. The summed E-state index contributed by atoms with van der Waals surface area (Å²) in [6.45, 7) is 0.354. The smallest absolute Gasteiger partial charge is 0.161 e. The Hall–Kier alpha value is -4.02. The lowest BCUT2D eigenvalue weighted by atomic mass is 10.1. The van der Waals surface area contributed by atoms with Crippen molar-refractivity contribution in [3.63, 3.8) is 0 Å². The van der Waals surface area contributed by atoms with Gasteiger partial charge < -0.3 is 14.5 Å². The molecule has 0 fully saturated rings. The van der Waals surface area contributed by atoms with Gasteiger partial charge in [0.1, 0.15) is 12.4 Å². The first-order chi connectivity index (χ1) is 16.7. The SMILES string of the molecule is COc1cc(-c2nc(-c3ccccc3)c(-c3ccccc3)[nH]2)ccc1OCc1ccccc1Cl. The fourth-order valence-corrected chi connectivity index (χ4v) is 4.02. The molecule has 0 saturated carbocycles. The lowest BCUT2D eigenvalue weighted by molar-refractivity contribution is 0.284. The van der Waals surface area contributed by atoms with Crippen molar-refractivity contribution >= 4 is 11.6 Å². The Morgan fingerprint density at radius 1 is 0.735 bits per heavy atom. The molecule has 0 amide bonds. The molecule has 5 rings (SSSR count). The van der Waals surface area contributed by atoms with Gasteiger partial charge in [-0.25, -0.2) is 4.98 Å². The molecule has 5 aromatic rings. The fraction of sp³-hybridized carbons (Fsp3) is 0.0690. The molecule has 1 heterocycles. The number of halogens is 1. The van der Waals surface area contributed by atoms with E-state index >= 15 is 0 Å². The van der Waals surface area contributed by atoms with Gasteiger partial charge in [0.05, 0.1) is 18.5 Å². The zero-order valence-corrected chi connectivity index (χ0v) is 19.4. The molecule has 0 unspecified atom stereocenters. The monoisotopic (exact) mass is 466 g/mol. The number of rotatable bonds is 7. The van der Waals surface area contributed by atoms with E-state index in [2.05, 4.69) is 29.2 Å². The first-order valence-corrected chi connectivity index (χ1v) is 11.4. The fourth-order valence-electron chi connectivity index (χ4n) is 3.83.